The van der Waals surface area contributed by atoms with Crippen molar-refractivity contribution in [1.82, 2.24) is 5.32 Å². The summed E-state index contributed by atoms with van der Waals surface area (Å²) < 4.78 is 16.0. The van der Waals surface area contributed by atoms with Crippen LogP contribution in [-0.2, 0) is 11.3 Å². The van der Waals surface area contributed by atoms with Gasteiger partial charge in [0, 0.05) is 23.1 Å². The summed E-state index contributed by atoms with van der Waals surface area (Å²) in [6.45, 7) is 1.78. The molecule has 6 nitrogen and oxygen atoms in total. The van der Waals surface area contributed by atoms with Crippen molar-refractivity contribution in [3.05, 3.63) is 47.5 Å². The number of nitrogens with one attached hydrogen (secondary N) is 1. The van der Waals surface area contributed by atoms with Crippen LogP contribution in [0.1, 0.15) is 22.8 Å². The van der Waals surface area contributed by atoms with Gasteiger partial charge in [0.2, 0.25) is 0 Å². The number of hydrogen-bond acceptors (Lipinski definition) is 6. The van der Waals surface area contributed by atoms with E-state index in [0.717, 1.165) is 10.5 Å². The van der Waals surface area contributed by atoms with Gasteiger partial charge in [-0.15, -0.1) is 11.8 Å². The summed E-state index contributed by atoms with van der Waals surface area (Å²) in [6, 6.07) is 10.7. The Morgan fingerprint density at radius 3 is 2.22 bits per heavy atom. The largest absolute Gasteiger partial charge is 0.496 e. The third-order valence-electron chi connectivity index (χ3n) is 3.79. The monoisotopic (exact) mass is 389 g/mol. The van der Waals surface area contributed by atoms with Crippen molar-refractivity contribution in [1.29, 1.82) is 0 Å². The van der Waals surface area contributed by atoms with Gasteiger partial charge in [-0.25, -0.2) is 0 Å². The Balaban J connectivity index is 2.17. The molecule has 2 aromatic rings. The van der Waals surface area contributed by atoms with Crippen molar-refractivity contribution < 1.29 is 23.8 Å². The van der Waals surface area contributed by atoms with E-state index in [4.69, 9.17) is 14.2 Å². The first-order valence-electron chi connectivity index (χ1n) is 8.28. The first-order chi connectivity index (χ1) is 13.0. The van der Waals surface area contributed by atoms with E-state index in [1.807, 2.05) is 12.1 Å². The summed E-state index contributed by atoms with van der Waals surface area (Å²) in [6.07, 6.45) is 0. The average Bonchev–Trinajstić information content (AvgIpc) is 2.69. The van der Waals surface area contributed by atoms with Crippen LogP contribution in [-0.4, -0.2) is 38.8 Å². The normalized spacial score (nSPS) is 10.2. The SMILES string of the molecule is COc1cc(OC)c(OC)cc1CNC(=O)c1ccccc1SCC(C)=O. The molecule has 0 unspecified atom stereocenters. The van der Waals surface area contributed by atoms with Crippen molar-refractivity contribution in [3.63, 3.8) is 0 Å². The Kier molecular flexibility index (Phi) is 7.55. The molecule has 7 heteroatoms. The molecule has 0 aromatic heterocycles. The molecular weight excluding hydrogens is 366 g/mol. The molecule has 2 aromatic carbocycles. The first-order valence-corrected chi connectivity index (χ1v) is 9.27. The number of carbonyl (C=O) groups excluding carboxylic acids is 2. The molecule has 0 radical (unpaired) electrons. The van der Waals surface area contributed by atoms with Gasteiger partial charge >= 0.3 is 0 Å². The Morgan fingerprint density at radius 1 is 0.963 bits per heavy atom. The number of thioether (sulfide) groups is 1. The summed E-state index contributed by atoms with van der Waals surface area (Å²) in [4.78, 5) is 24.7. The van der Waals surface area contributed by atoms with E-state index in [2.05, 4.69) is 5.32 Å². The van der Waals surface area contributed by atoms with Crippen LogP contribution in [0, 0.1) is 0 Å². The highest BCUT2D eigenvalue weighted by molar-refractivity contribution is 8.00. The van der Waals surface area contributed by atoms with Gasteiger partial charge in [-0.2, -0.15) is 0 Å². The molecule has 0 spiro atoms. The minimum atomic E-state index is -0.224. The van der Waals surface area contributed by atoms with Gasteiger partial charge in [0.05, 0.1) is 32.6 Å². The van der Waals surface area contributed by atoms with Crippen LogP contribution in [0.3, 0.4) is 0 Å². The lowest BCUT2D eigenvalue weighted by atomic mass is 10.1. The van der Waals surface area contributed by atoms with Crippen LogP contribution in [0.5, 0.6) is 17.2 Å². The number of hydrogen-bond donors (Lipinski definition) is 1. The number of Topliss-reactive ketones (excluding diaryl/α,β-unsaturated/α-hetero) is 1. The van der Waals surface area contributed by atoms with Gasteiger partial charge in [-0.3, -0.25) is 9.59 Å². The van der Waals surface area contributed by atoms with Crippen LogP contribution >= 0.6 is 11.8 Å². The van der Waals surface area contributed by atoms with Gasteiger partial charge in [0.25, 0.3) is 5.91 Å². The molecule has 0 bridgehead atoms. The van der Waals surface area contributed by atoms with Crippen LogP contribution in [0.25, 0.3) is 0 Å². The summed E-state index contributed by atoms with van der Waals surface area (Å²) in [5.74, 6) is 1.86. The number of benzene rings is 2. The quantitative estimate of drug-likeness (QED) is 0.663. The van der Waals surface area contributed by atoms with E-state index in [1.54, 1.807) is 45.6 Å². The molecule has 0 aliphatic rings. The summed E-state index contributed by atoms with van der Waals surface area (Å²) >= 11 is 1.35. The smallest absolute Gasteiger partial charge is 0.252 e. The molecule has 0 fully saturated rings. The van der Waals surface area contributed by atoms with Crippen LogP contribution in [0.15, 0.2) is 41.3 Å². The fraction of sp³-hybridized carbons (Fsp3) is 0.300. The lowest BCUT2D eigenvalue weighted by Gasteiger charge is -2.15. The second-order valence-corrected chi connectivity index (χ2v) is 6.71. The van der Waals surface area contributed by atoms with E-state index in [-0.39, 0.29) is 18.2 Å². The average molecular weight is 389 g/mol. The van der Waals surface area contributed by atoms with Gasteiger partial charge < -0.3 is 19.5 Å². The maximum Gasteiger partial charge on any atom is 0.252 e. The second-order valence-electron chi connectivity index (χ2n) is 5.69. The predicted octanol–water partition coefficient (Wildman–Crippen LogP) is 3.32. The van der Waals surface area contributed by atoms with E-state index >= 15 is 0 Å². The van der Waals surface area contributed by atoms with E-state index < -0.39 is 0 Å². The van der Waals surface area contributed by atoms with E-state index in [0.29, 0.717) is 28.6 Å². The first kappa shape index (κ1) is 20.6. The highest BCUT2D eigenvalue weighted by atomic mass is 32.2. The molecule has 144 valence electrons. The van der Waals surface area contributed by atoms with E-state index in [1.165, 1.54) is 18.7 Å². The number of amides is 1. The summed E-state index contributed by atoms with van der Waals surface area (Å²) in [7, 11) is 4.66. The Labute approximate surface area is 163 Å². The van der Waals surface area contributed by atoms with Gasteiger partial charge in [-0.05, 0) is 25.1 Å². The van der Waals surface area contributed by atoms with Crippen LogP contribution < -0.4 is 19.5 Å². The van der Waals surface area contributed by atoms with E-state index in [9.17, 15) is 9.59 Å². The molecule has 1 N–H and O–H groups in total. The summed E-state index contributed by atoms with van der Waals surface area (Å²) in [5.41, 5.74) is 1.29. The van der Waals surface area contributed by atoms with Gasteiger partial charge in [0.15, 0.2) is 11.5 Å². The molecule has 0 saturated heterocycles. The minimum Gasteiger partial charge on any atom is -0.496 e. The predicted molar refractivity (Wildman–Crippen MR) is 105 cm³/mol. The Morgan fingerprint density at radius 2 is 1.59 bits per heavy atom. The molecular formula is C20H23NO5S. The minimum absolute atomic E-state index is 0.0604. The fourth-order valence-electron chi connectivity index (χ4n) is 2.46. The van der Waals surface area contributed by atoms with Crippen molar-refractivity contribution in [2.24, 2.45) is 0 Å². The number of ether oxygens (including phenoxy) is 3. The lowest BCUT2D eigenvalue weighted by Crippen LogP contribution is -2.23. The van der Waals surface area contributed by atoms with Crippen molar-refractivity contribution >= 4 is 23.5 Å². The maximum atomic E-state index is 12.7. The zero-order valence-electron chi connectivity index (χ0n) is 15.8. The molecule has 27 heavy (non-hydrogen) atoms. The third-order valence-corrected chi connectivity index (χ3v) is 5.01. The zero-order chi connectivity index (χ0) is 19.8. The molecule has 1 amide bonds. The lowest BCUT2D eigenvalue weighted by molar-refractivity contribution is -0.114. The number of ketones is 1. The molecule has 0 atom stereocenters. The number of carbonyl (C=O) groups is 2. The molecule has 2 rings (SSSR count). The molecule has 0 aliphatic heterocycles. The molecule has 0 heterocycles. The second kappa shape index (κ2) is 9.87. The van der Waals surface area contributed by atoms with Crippen LogP contribution in [0.4, 0.5) is 0 Å². The number of rotatable bonds is 9. The highest BCUT2D eigenvalue weighted by Crippen LogP contribution is 2.34. The fourth-order valence-corrected chi connectivity index (χ4v) is 3.31. The van der Waals surface area contributed by atoms with Crippen LogP contribution in [0.2, 0.25) is 0 Å². The van der Waals surface area contributed by atoms with Crippen molar-refractivity contribution in [2.45, 2.75) is 18.4 Å². The highest BCUT2D eigenvalue weighted by Gasteiger charge is 2.15. The molecule has 0 saturated carbocycles. The molecule has 0 aliphatic carbocycles. The standard InChI is InChI=1S/C20H23NO5S/c1-13(22)12-27-19-8-6-5-7-15(19)20(23)21-11-14-9-17(25-3)18(26-4)10-16(14)24-2/h5-10H,11-12H2,1-4H3,(H,21,23). The van der Waals surface area contributed by atoms with Gasteiger partial charge in [0.1, 0.15) is 11.5 Å². The number of methoxy groups -OCH3 is 3. The summed E-state index contributed by atoms with van der Waals surface area (Å²) in [5, 5.41) is 2.89. The third kappa shape index (κ3) is 5.40. The maximum absolute atomic E-state index is 12.7. The van der Waals surface area contributed by atoms with Crippen molar-refractivity contribution in [3.8, 4) is 17.2 Å². The Bertz CT molecular complexity index is 822. The zero-order valence-corrected chi connectivity index (χ0v) is 16.6. The topological polar surface area (TPSA) is 73.9 Å². The van der Waals surface area contributed by atoms with Gasteiger partial charge in [-0.1, -0.05) is 12.1 Å². The van der Waals surface area contributed by atoms with Crippen molar-refractivity contribution in [2.75, 3.05) is 27.1 Å². The Hall–Kier alpha value is -2.67.